The summed E-state index contributed by atoms with van der Waals surface area (Å²) in [6.07, 6.45) is 8.37. The first kappa shape index (κ1) is 16.0. The number of rotatable bonds is 4. The van der Waals surface area contributed by atoms with Crippen LogP contribution in [0.15, 0.2) is 12.4 Å². The Morgan fingerprint density at radius 2 is 2.16 bits per heavy atom. The summed E-state index contributed by atoms with van der Waals surface area (Å²) in [5, 5.41) is 7.22. The fourth-order valence-electron chi connectivity index (χ4n) is 2.70. The van der Waals surface area contributed by atoms with Gasteiger partial charge < -0.3 is 10.2 Å². The number of likely N-dealkylation sites (N-methyl/N-ethyl adjacent to an activating group) is 2. The van der Waals surface area contributed by atoms with E-state index in [-0.39, 0.29) is 24.4 Å². The van der Waals surface area contributed by atoms with Crippen LogP contribution in [0.2, 0.25) is 0 Å². The number of aromatic nitrogens is 2. The number of hydrogen-bond acceptors (Lipinski definition) is 3. The summed E-state index contributed by atoms with van der Waals surface area (Å²) in [7, 11) is 5.60. The molecule has 19 heavy (non-hydrogen) atoms. The highest BCUT2D eigenvalue weighted by molar-refractivity contribution is 5.85. The van der Waals surface area contributed by atoms with E-state index in [2.05, 4.69) is 10.4 Å². The summed E-state index contributed by atoms with van der Waals surface area (Å²) in [6.45, 7) is 0. The van der Waals surface area contributed by atoms with Gasteiger partial charge >= 0.3 is 0 Å². The fourth-order valence-corrected chi connectivity index (χ4v) is 2.70. The zero-order chi connectivity index (χ0) is 13.1. The Hall–Kier alpha value is -1.07. The van der Waals surface area contributed by atoms with Gasteiger partial charge in [-0.15, -0.1) is 12.4 Å². The van der Waals surface area contributed by atoms with Crippen LogP contribution in [0.4, 0.5) is 0 Å². The highest BCUT2D eigenvalue weighted by Gasteiger charge is 2.29. The van der Waals surface area contributed by atoms with E-state index in [0.717, 1.165) is 18.4 Å². The number of hydrogen-bond donors (Lipinski definition) is 1. The Morgan fingerprint density at radius 3 is 2.63 bits per heavy atom. The first-order chi connectivity index (χ1) is 8.63. The van der Waals surface area contributed by atoms with Gasteiger partial charge in [0, 0.05) is 31.9 Å². The number of halogens is 1. The van der Waals surface area contributed by atoms with Crippen LogP contribution < -0.4 is 5.32 Å². The number of nitrogens with zero attached hydrogens (tertiary/aromatic N) is 3. The second-order valence-corrected chi connectivity index (χ2v) is 5.06. The van der Waals surface area contributed by atoms with Gasteiger partial charge in [-0.1, -0.05) is 12.8 Å². The molecule has 0 bridgehead atoms. The van der Waals surface area contributed by atoms with Crippen LogP contribution in [-0.2, 0) is 11.8 Å². The van der Waals surface area contributed by atoms with Crippen molar-refractivity contribution in [2.24, 2.45) is 7.05 Å². The Morgan fingerprint density at radius 1 is 1.53 bits per heavy atom. The van der Waals surface area contributed by atoms with Crippen LogP contribution in [0.3, 0.4) is 0 Å². The minimum absolute atomic E-state index is 0. The third kappa shape index (κ3) is 3.48. The second kappa shape index (κ2) is 6.91. The van der Waals surface area contributed by atoms with Gasteiger partial charge in [0.25, 0.3) is 0 Å². The lowest BCUT2D eigenvalue weighted by Gasteiger charge is -2.28. The molecule has 0 aromatic carbocycles. The molecule has 1 fully saturated rings. The van der Waals surface area contributed by atoms with Gasteiger partial charge in [0.15, 0.2) is 0 Å². The number of aryl methyl sites for hydroxylation is 1. The maximum Gasteiger partial charge on any atom is 0.244 e. The van der Waals surface area contributed by atoms with Crippen LogP contribution in [0.5, 0.6) is 0 Å². The molecule has 1 aliphatic carbocycles. The van der Waals surface area contributed by atoms with Gasteiger partial charge in [-0.2, -0.15) is 5.10 Å². The summed E-state index contributed by atoms with van der Waals surface area (Å²) in [5.41, 5.74) is 0.926. The van der Waals surface area contributed by atoms with E-state index in [0.29, 0.717) is 6.04 Å². The van der Waals surface area contributed by atoms with Gasteiger partial charge in [0.05, 0.1) is 6.20 Å². The quantitative estimate of drug-likeness (QED) is 0.913. The molecule has 1 atom stereocenters. The highest BCUT2D eigenvalue weighted by Crippen LogP contribution is 2.25. The maximum atomic E-state index is 12.5. The summed E-state index contributed by atoms with van der Waals surface area (Å²) >= 11 is 0. The van der Waals surface area contributed by atoms with Gasteiger partial charge in [0.2, 0.25) is 5.91 Å². The van der Waals surface area contributed by atoms with E-state index in [4.69, 9.17) is 0 Å². The van der Waals surface area contributed by atoms with E-state index >= 15 is 0 Å². The molecule has 108 valence electrons. The summed E-state index contributed by atoms with van der Waals surface area (Å²) < 4.78 is 1.72. The molecular weight excluding hydrogens is 264 g/mol. The number of carbonyl (C=O) groups is 1. The topological polar surface area (TPSA) is 50.2 Å². The van der Waals surface area contributed by atoms with Crippen molar-refractivity contribution in [1.29, 1.82) is 0 Å². The molecule has 2 rings (SSSR count). The fraction of sp³-hybridized carbons (Fsp3) is 0.692. The molecule has 5 nitrogen and oxygen atoms in total. The Bertz CT molecular complexity index is 415. The standard InChI is InChI=1S/C13H22N4O.ClH/c1-14-12(10-8-15-16(2)9-10)13(18)17(3)11-6-4-5-7-11;/h8-9,11-12,14H,4-7H2,1-3H3;1H. The Balaban J connectivity index is 0.00000180. The average molecular weight is 287 g/mol. The van der Waals surface area contributed by atoms with E-state index < -0.39 is 0 Å². The smallest absolute Gasteiger partial charge is 0.244 e. The summed E-state index contributed by atoms with van der Waals surface area (Å²) in [4.78, 5) is 14.4. The number of amides is 1. The molecule has 6 heteroatoms. The third-order valence-electron chi connectivity index (χ3n) is 3.81. The van der Waals surface area contributed by atoms with Crippen LogP contribution in [-0.4, -0.2) is 40.7 Å². The first-order valence-corrected chi connectivity index (χ1v) is 6.56. The molecule has 0 radical (unpaired) electrons. The molecule has 1 aromatic heterocycles. The first-order valence-electron chi connectivity index (χ1n) is 6.56. The lowest BCUT2D eigenvalue weighted by Crippen LogP contribution is -2.42. The van der Waals surface area contributed by atoms with Crippen molar-refractivity contribution in [3.63, 3.8) is 0 Å². The molecule has 1 N–H and O–H groups in total. The molecule has 1 aromatic rings. The van der Waals surface area contributed by atoms with Gasteiger partial charge in [-0.25, -0.2) is 0 Å². The van der Waals surface area contributed by atoms with Crippen LogP contribution in [0.25, 0.3) is 0 Å². The van der Waals surface area contributed by atoms with E-state index in [1.54, 1.807) is 10.9 Å². The Kier molecular flexibility index (Phi) is 5.82. The van der Waals surface area contributed by atoms with Crippen molar-refractivity contribution in [2.45, 2.75) is 37.8 Å². The van der Waals surface area contributed by atoms with Gasteiger partial charge in [0.1, 0.15) is 6.04 Å². The monoisotopic (exact) mass is 286 g/mol. The van der Waals surface area contributed by atoms with E-state index in [9.17, 15) is 4.79 Å². The zero-order valence-corrected chi connectivity index (χ0v) is 12.6. The summed E-state index contributed by atoms with van der Waals surface area (Å²) in [5.74, 6) is 0.136. The predicted octanol–water partition coefficient (Wildman–Crippen LogP) is 1.50. The molecule has 0 saturated heterocycles. The molecule has 1 aliphatic rings. The van der Waals surface area contributed by atoms with Gasteiger partial charge in [-0.3, -0.25) is 9.48 Å². The molecule has 1 saturated carbocycles. The van der Waals surface area contributed by atoms with E-state index in [1.807, 2.05) is 32.2 Å². The second-order valence-electron chi connectivity index (χ2n) is 5.06. The lowest BCUT2D eigenvalue weighted by atomic mass is 10.1. The Labute approximate surface area is 120 Å². The highest BCUT2D eigenvalue weighted by atomic mass is 35.5. The summed E-state index contributed by atoms with van der Waals surface area (Å²) in [6, 6.07) is 0.120. The minimum Gasteiger partial charge on any atom is -0.341 e. The van der Waals surface area contributed by atoms with Crippen molar-refractivity contribution >= 4 is 18.3 Å². The lowest BCUT2D eigenvalue weighted by molar-refractivity contribution is -0.134. The average Bonchev–Trinajstić information content (AvgIpc) is 3.00. The van der Waals surface area contributed by atoms with Gasteiger partial charge in [-0.05, 0) is 19.9 Å². The van der Waals surface area contributed by atoms with E-state index in [1.165, 1.54) is 12.8 Å². The molecule has 0 aliphatic heterocycles. The maximum absolute atomic E-state index is 12.5. The number of nitrogens with one attached hydrogen (secondary N) is 1. The van der Waals surface area contributed by atoms with Crippen molar-refractivity contribution in [1.82, 2.24) is 20.0 Å². The largest absolute Gasteiger partial charge is 0.341 e. The molecule has 1 amide bonds. The molecular formula is C13H23ClN4O. The predicted molar refractivity (Wildman–Crippen MR) is 77.3 cm³/mol. The molecule has 0 spiro atoms. The molecule has 1 unspecified atom stereocenters. The van der Waals surface area contributed by atoms with Crippen molar-refractivity contribution in [3.05, 3.63) is 18.0 Å². The minimum atomic E-state index is -0.288. The SMILES string of the molecule is CNC(C(=O)N(C)C1CCCC1)c1cnn(C)c1.Cl. The van der Waals surface area contributed by atoms with Crippen LogP contribution in [0.1, 0.15) is 37.3 Å². The third-order valence-corrected chi connectivity index (χ3v) is 3.81. The van der Waals surface area contributed by atoms with Crippen molar-refractivity contribution < 1.29 is 4.79 Å². The normalized spacial score (nSPS) is 17.0. The van der Waals surface area contributed by atoms with Crippen molar-refractivity contribution in [3.8, 4) is 0 Å². The number of carbonyl (C=O) groups excluding carboxylic acids is 1. The van der Waals surface area contributed by atoms with Crippen molar-refractivity contribution in [2.75, 3.05) is 14.1 Å². The zero-order valence-electron chi connectivity index (χ0n) is 11.8. The van der Waals surface area contributed by atoms with Crippen LogP contribution in [0, 0.1) is 0 Å². The molecule has 1 heterocycles. The van der Waals surface area contributed by atoms with Crippen LogP contribution >= 0.6 is 12.4 Å².